The topological polar surface area (TPSA) is 163 Å². The van der Waals surface area contributed by atoms with E-state index in [9.17, 15) is 19.2 Å². The number of para-hydroxylation sites is 1. The maximum absolute atomic E-state index is 14.0. The molecule has 0 spiro atoms. The SMILES string of the molecule is COc1c(CC(NC(=O)CC2CCN(C(=NC(=O)OC(C)(C)C)NC(=O)OC(C)(C)C)CC2)B2OC3CC4CC(C4(C)C)C3(C)O2)cccc1C(=O)OC(C)(C)C. The highest BCUT2D eigenvalue weighted by Crippen LogP contribution is 2.65. The molecule has 3 saturated carbocycles. The van der Waals surface area contributed by atoms with Crippen LogP contribution in [0.4, 0.5) is 9.59 Å². The van der Waals surface area contributed by atoms with E-state index in [2.05, 4.69) is 36.4 Å². The Bertz CT molecular complexity index is 1700. The van der Waals surface area contributed by atoms with Gasteiger partial charge >= 0.3 is 25.3 Å². The number of amides is 3. The molecule has 15 heteroatoms. The van der Waals surface area contributed by atoms with Gasteiger partial charge in [0.2, 0.25) is 11.9 Å². The number of ether oxygens (including phenoxy) is 4. The molecule has 5 atom stereocenters. The number of nitrogens with zero attached hydrogens (tertiary/aromatic N) is 2. The normalized spacial score (nSPS) is 25.4. The molecule has 14 nitrogen and oxygen atoms in total. The number of hydrogen-bond acceptors (Lipinski definition) is 10. The highest BCUT2D eigenvalue weighted by Gasteiger charge is 2.68. The Morgan fingerprint density at radius 2 is 1.56 bits per heavy atom. The van der Waals surface area contributed by atoms with Crippen molar-refractivity contribution in [2.45, 2.75) is 156 Å². The number of rotatable bonds is 8. The summed E-state index contributed by atoms with van der Waals surface area (Å²) in [6, 6.07) is 5.35. The zero-order chi connectivity index (χ0) is 42.3. The second kappa shape index (κ2) is 16.4. The summed E-state index contributed by atoms with van der Waals surface area (Å²) in [5.74, 6) is 0.0707. The minimum atomic E-state index is -0.833. The molecule has 5 unspecified atom stereocenters. The van der Waals surface area contributed by atoms with Crippen molar-refractivity contribution in [1.82, 2.24) is 15.5 Å². The Morgan fingerprint density at radius 1 is 0.930 bits per heavy atom. The third kappa shape index (κ3) is 10.8. The first-order valence-corrected chi connectivity index (χ1v) is 20.4. The summed E-state index contributed by atoms with van der Waals surface area (Å²) in [7, 11) is 0.800. The van der Waals surface area contributed by atoms with E-state index in [0.29, 0.717) is 54.6 Å². The monoisotopic (exact) mass is 796 g/mol. The molecule has 2 heterocycles. The average molecular weight is 797 g/mol. The molecule has 5 fully saturated rings. The summed E-state index contributed by atoms with van der Waals surface area (Å²) in [4.78, 5) is 58.6. The van der Waals surface area contributed by atoms with Crippen molar-refractivity contribution in [3.63, 3.8) is 0 Å². The van der Waals surface area contributed by atoms with Gasteiger partial charge in [-0.15, -0.1) is 4.99 Å². The van der Waals surface area contributed by atoms with Crippen molar-refractivity contribution in [2.75, 3.05) is 20.2 Å². The lowest BCUT2D eigenvalue weighted by Gasteiger charge is -2.64. The number of hydrogen-bond donors (Lipinski definition) is 2. The van der Waals surface area contributed by atoms with Gasteiger partial charge < -0.3 is 38.5 Å². The molecule has 3 aliphatic carbocycles. The van der Waals surface area contributed by atoms with Crippen molar-refractivity contribution in [2.24, 2.45) is 28.2 Å². The van der Waals surface area contributed by atoms with Gasteiger partial charge in [0.15, 0.2) is 0 Å². The van der Waals surface area contributed by atoms with Gasteiger partial charge in [0.05, 0.1) is 24.8 Å². The van der Waals surface area contributed by atoms with E-state index >= 15 is 0 Å². The highest BCUT2D eigenvalue weighted by atomic mass is 16.7. The van der Waals surface area contributed by atoms with Crippen molar-refractivity contribution in [3.05, 3.63) is 29.3 Å². The van der Waals surface area contributed by atoms with Crippen LogP contribution < -0.4 is 15.4 Å². The molecule has 2 saturated heterocycles. The number of methoxy groups -OCH3 is 1. The molecule has 316 valence electrons. The lowest BCUT2D eigenvalue weighted by atomic mass is 9.43. The van der Waals surface area contributed by atoms with Crippen LogP contribution in [0.5, 0.6) is 5.75 Å². The van der Waals surface area contributed by atoms with Crippen LogP contribution in [-0.2, 0) is 34.7 Å². The summed E-state index contributed by atoms with van der Waals surface area (Å²) in [6.45, 7) is 23.5. The van der Waals surface area contributed by atoms with Crippen LogP contribution in [0.2, 0.25) is 0 Å². The summed E-state index contributed by atoms with van der Waals surface area (Å²) in [5.41, 5.74) is -1.57. The van der Waals surface area contributed by atoms with Crippen molar-refractivity contribution < 1.29 is 47.4 Å². The molecule has 1 aromatic carbocycles. The average Bonchev–Trinajstić information content (AvgIpc) is 3.42. The number of carbonyl (C=O) groups excluding carboxylic acids is 4. The fraction of sp³-hybridized carbons (Fsp3) is 0.738. The molecule has 57 heavy (non-hydrogen) atoms. The first-order chi connectivity index (χ1) is 26.3. The standard InChI is InChI=1S/C42H65BN4O10/c1-38(2,3)53-34(49)28-16-14-15-26(33(28)52-13)22-31(43-56-30-24-27-23-29(41(27,10)11)42(30,12)57-43)44-32(48)21-25-17-19-47(20-18-25)35(45-36(50)54-39(4,5)6)46-37(51)55-40(7,8)9/h14-16,25,27,29-31H,17-24H2,1-13H3,(H,44,48)(H,45,46,50,51). The van der Waals surface area contributed by atoms with Crippen LogP contribution in [-0.4, -0.2) is 96.7 Å². The Hall–Kier alpha value is -3.85. The quantitative estimate of drug-likeness (QED) is 0.0929. The first-order valence-electron chi connectivity index (χ1n) is 20.4. The van der Waals surface area contributed by atoms with E-state index in [0.717, 1.165) is 12.8 Å². The van der Waals surface area contributed by atoms with Crippen LogP contribution >= 0.6 is 0 Å². The number of guanidine groups is 1. The smallest absolute Gasteiger partial charge is 0.482 e. The van der Waals surface area contributed by atoms with Crippen LogP contribution in [0.3, 0.4) is 0 Å². The van der Waals surface area contributed by atoms with E-state index in [1.807, 2.05) is 26.8 Å². The van der Waals surface area contributed by atoms with Gasteiger partial charge in [-0.1, -0.05) is 26.0 Å². The number of esters is 1. The largest absolute Gasteiger partial charge is 0.496 e. The van der Waals surface area contributed by atoms with Crippen LogP contribution in [0.1, 0.15) is 131 Å². The van der Waals surface area contributed by atoms with E-state index in [1.54, 1.807) is 58.6 Å². The third-order valence-electron chi connectivity index (χ3n) is 11.6. The zero-order valence-corrected chi connectivity index (χ0v) is 36.3. The first kappa shape index (κ1) is 44.3. The van der Waals surface area contributed by atoms with Crippen LogP contribution in [0, 0.1) is 23.2 Å². The lowest BCUT2D eigenvalue weighted by molar-refractivity contribution is -0.199. The fourth-order valence-electron chi connectivity index (χ4n) is 8.82. The van der Waals surface area contributed by atoms with E-state index in [-0.39, 0.29) is 42.1 Å². The van der Waals surface area contributed by atoms with E-state index in [4.69, 9.17) is 28.3 Å². The third-order valence-corrected chi connectivity index (χ3v) is 11.6. The molecule has 3 amide bonds. The minimum absolute atomic E-state index is 0.00905. The van der Waals surface area contributed by atoms with Gasteiger partial charge in [-0.05, 0) is 136 Å². The van der Waals surface area contributed by atoms with Gasteiger partial charge in [-0.2, -0.15) is 0 Å². The molecular weight excluding hydrogens is 731 g/mol. The fourth-order valence-corrected chi connectivity index (χ4v) is 8.82. The molecule has 1 aromatic rings. The second-order valence-electron chi connectivity index (χ2n) is 19.9. The van der Waals surface area contributed by atoms with Crippen LogP contribution in [0.25, 0.3) is 0 Å². The summed E-state index contributed by atoms with van der Waals surface area (Å²) >= 11 is 0. The summed E-state index contributed by atoms with van der Waals surface area (Å²) < 4.78 is 35.9. The number of alkyl carbamates (subject to hydrolysis) is 1. The molecule has 5 aliphatic rings. The number of benzene rings is 1. The molecule has 0 radical (unpaired) electrons. The number of piperidine rings is 1. The number of nitrogens with one attached hydrogen (secondary N) is 2. The number of carbonyl (C=O) groups is 4. The lowest BCUT2D eigenvalue weighted by Crippen LogP contribution is -2.65. The molecule has 0 aromatic heterocycles. The van der Waals surface area contributed by atoms with Gasteiger partial charge in [-0.3, -0.25) is 10.1 Å². The second-order valence-corrected chi connectivity index (χ2v) is 19.9. The van der Waals surface area contributed by atoms with Gasteiger partial charge in [0.1, 0.15) is 28.1 Å². The van der Waals surface area contributed by atoms with Crippen molar-refractivity contribution >= 4 is 37.1 Å². The highest BCUT2D eigenvalue weighted by molar-refractivity contribution is 6.48. The van der Waals surface area contributed by atoms with Crippen molar-refractivity contribution in [3.8, 4) is 5.75 Å². The maximum atomic E-state index is 14.0. The number of aliphatic imine (C=N–C) groups is 1. The zero-order valence-electron chi connectivity index (χ0n) is 36.3. The van der Waals surface area contributed by atoms with Gasteiger partial charge in [0.25, 0.3) is 0 Å². The van der Waals surface area contributed by atoms with Gasteiger partial charge in [-0.25, -0.2) is 14.4 Å². The number of likely N-dealkylation sites (tertiary alicyclic amines) is 1. The Labute approximate surface area is 339 Å². The molecule has 2 aliphatic heterocycles. The maximum Gasteiger partial charge on any atom is 0.482 e. The minimum Gasteiger partial charge on any atom is -0.496 e. The molecule has 2 N–H and O–H groups in total. The Balaban J connectivity index is 1.31. The van der Waals surface area contributed by atoms with Crippen molar-refractivity contribution in [1.29, 1.82) is 0 Å². The van der Waals surface area contributed by atoms with Gasteiger partial charge in [0, 0.05) is 19.5 Å². The Morgan fingerprint density at radius 3 is 2.14 bits per heavy atom. The predicted octanol–water partition coefficient (Wildman–Crippen LogP) is 6.86. The van der Waals surface area contributed by atoms with Crippen LogP contribution in [0.15, 0.2) is 23.2 Å². The van der Waals surface area contributed by atoms with E-state index < -0.39 is 53.6 Å². The molecule has 2 bridgehead atoms. The predicted molar refractivity (Wildman–Crippen MR) is 216 cm³/mol. The van der Waals surface area contributed by atoms with E-state index in [1.165, 1.54) is 7.11 Å². The molecule has 6 rings (SSSR count). The summed E-state index contributed by atoms with van der Waals surface area (Å²) in [5, 5.41) is 5.90. The summed E-state index contributed by atoms with van der Waals surface area (Å²) in [6.07, 6.45) is 2.05. The molecular formula is C42H65BN4O10. The Kier molecular flexibility index (Phi) is 12.8.